The van der Waals surface area contributed by atoms with Gasteiger partial charge in [-0.1, -0.05) is 19.1 Å². The van der Waals surface area contributed by atoms with E-state index in [4.69, 9.17) is 10.7 Å². The van der Waals surface area contributed by atoms with Crippen LogP contribution in [0.4, 0.5) is 11.5 Å². The molecular weight excluding hydrogens is 522 g/mol. The molecule has 0 radical (unpaired) electrons. The highest BCUT2D eigenvalue weighted by Gasteiger charge is 2.27. The summed E-state index contributed by atoms with van der Waals surface area (Å²) < 4.78 is 24.8. The Bertz CT molecular complexity index is 1360. The van der Waals surface area contributed by atoms with Crippen molar-refractivity contribution >= 4 is 39.2 Å². The maximum Gasteiger partial charge on any atom is 0.236 e. The zero-order valence-corrected chi connectivity index (χ0v) is 23.7. The van der Waals surface area contributed by atoms with Crippen molar-refractivity contribution in [2.24, 2.45) is 5.73 Å². The zero-order valence-electron chi connectivity index (χ0n) is 22.1. The minimum absolute atomic E-state index is 0.0119. The maximum absolute atomic E-state index is 12.0. The first-order valence-corrected chi connectivity index (χ1v) is 15.2. The molecule has 1 amide bonds. The summed E-state index contributed by atoms with van der Waals surface area (Å²) in [5, 5.41) is 23.5. The van der Waals surface area contributed by atoms with Gasteiger partial charge in [0.05, 0.1) is 29.1 Å². The summed E-state index contributed by atoms with van der Waals surface area (Å²) in [6.45, 7) is 4.79. The molecule has 1 fully saturated rings. The average Bonchev–Trinajstić information content (AvgIpc) is 2.90. The lowest BCUT2D eigenvalue weighted by Crippen LogP contribution is -2.49. The summed E-state index contributed by atoms with van der Waals surface area (Å²) in [5.41, 5.74) is 8.68. The van der Waals surface area contributed by atoms with Gasteiger partial charge in [0.2, 0.25) is 15.9 Å². The lowest BCUT2D eigenvalue weighted by atomic mass is 9.99. The fraction of sp³-hybridized carbons (Fsp3) is 0.462. The molecule has 2 aromatic rings. The molecule has 0 bridgehead atoms. The Hall–Kier alpha value is -3.32. The maximum atomic E-state index is 12.0. The molecule has 38 heavy (non-hydrogen) atoms. The van der Waals surface area contributed by atoms with Gasteiger partial charge >= 0.3 is 0 Å². The number of thioether (sulfide) groups is 1. The van der Waals surface area contributed by atoms with Crippen LogP contribution >= 0.6 is 11.8 Å². The van der Waals surface area contributed by atoms with Gasteiger partial charge in [0.15, 0.2) is 0 Å². The van der Waals surface area contributed by atoms with E-state index in [1.54, 1.807) is 19.1 Å². The van der Waals surface area contributed by atoms with Crippen LogP contribution in [0.5, 0.6) is 0 Å². The highest BCUT2D eigenvalue weighted by atomic mass is 32.2. The molecule has 10 nitrogen and oxygen atoms in total. The third-order valence-electron chi connectivity index (χ3n) is 6.55. The van der Waals surface area contributed by atoms with Gasteiger partial charge in [0, 0.05) is 31.9 Å². The van der Waals surface area contributed by atoms with Gasteiger partial charge in [0.25, 0.3) is 0 Å². The Morgan fingerprint density at radius 3 is 2.34 bits per heavy atom. The summed E-state index contributed by atoms with van der Waals surface area (Å²) in [6, 6.07) is 11.1. The van der Waals surface area contributed by atoms with Gasteiger partial charge in [0.1, 0.15) is 23.0 Å². The summed E-state index contributed by atoms with van der Waals surface area (Å²) in [6.07, 6.45) is 3.06. The number of hydrogen-bond acceptors (Lipinski definition) is 9. The molecule has 0 saturated carbocycles. The standard InChI is InChI=1S/C26H33N7O3S2/c1-5-21-22(14-27)24(33-12-10-19(11-13-33)30-25(34)17(2)29)31-26(23(21)15-28)37-16-18-6-8-20(9-7-18)32(3)38(4,35)36/h6-9,17,19H,5,10-13,16,29H2,1-4H3,(H,30,34). The van der Waals surface area contributed by atoms with E-state index >= 15 is 0 Å². The molecule has 0 aliphatic carbocycles. The third kappa shape index (κ3) is 6.76. The molecule has 3 rings (SSSR count). The lowest BCUT2D eigenvalue weighted by molar-refractivity contribution is -0.122. The van der Waals surface area contributed by atoms with Crippen LogP contribution in [0.25, 0.3) is 0 Å². The first-order valence-electron chi connectivity index (χ1n) is 12.3. The second kappa shape index (κ2) is 12.5. The molecule has 1 unspecified atom stereocenters. The van der Waals surface area contributed by atoms with Gasteiger partial charge in [-0.2, -0.15) is 10.5 Å². The van der Waals surface area contributed by atoms with E-state index in [0.717, 1.165) is 11.8 Å². The van der Waals surface area contributed by atoms with Crippen LogP contribution in [0.3, 0.4) is 0 Å². The van der Waals surface area contributed by atoms with Crippen molar-refractivity contribution in [3.05, 3.63) is 46.5 Å². The SMILES string of the molecule is CCc1c(C#N)c(SCc2ccc(N(C)S(C)(=O)=O)cc2)nc(N2CCC(NC(=O)C(C)N)CC2)c1C#N. The number of carbonyl (C=O) groups is 1. The predicted octanol–water partition coefficient (Wildman–Crippen LogP) is 2.51. The largest absolute Gasteiger partial charge is 0.355 e. The Morgan fingerprint density at radius 2 is 1.84 bits per heavy atom. The number of sulfonamides is 1. The Morgan fingerprint density at radius 1 is 1.24 bits per heavy atom. The molecule has 1 aliphatic heterocycles. The molecule has 2 heterocycles. The molecule has 1 aliphatic rings. The first-order chi connectivity index (χ1) is 18.0. The quantitative estimate of drug-likeness (QED) is 0.444. The highest BCUT2D eigenvalue weighted by molar-refractivity contribution is 7.98. The fourth-order valence-corrected chi connectivity index (χ4v) is 5.69. The predicted molar refractivity (Wildman–Crippen MR) is 149 cm³/mol. The number of carbonyl (C=O) groups excluding carboxylic acids is 1. The molecule has 1 saturated heterocycles. The minimum atomic E-state index is -3.35. The number of rotatable bonds is 9. The number of hydrogen-bond donors (Lipinski definition) is 2. The van der Waals surface area contributed by atoms with Crippen molar-refractivity contribution in [2.75, 3.05) is 35.6 Å². The number of benzene rings is 1. The smallest absolute Gasteiger partial charge is 0.236 e. The fourth-order valence-electron chi connectivity index (χ4n) is 4.23. The second-order valence-corrected chi connectivity index (χ2v) is 12.3. The monoisotopic (exact) mass is 555 g/mol. The molecular formula is C26H33N7O3S2. The topological polar surface area (TPSA) is 156 Å². The Kier molecular flexibility index (Phi) is 9.60. The van der Waals surface area contributed by atoms with Crippen LogP contribution in [-0.2, 0) is 27.0 Å². The molecule has 12 heteroatoms. The average molecular weight is 556 g/mol. The molecule has 1 aromatic heterocycles. The van der Waals surface area contributed by atoms with Crippen LogP contribution in [0.2, 0.25) is 0 Å². The van der Waals surface area contributed by atoms with E-state index in [-0.39, 0.29) is 11.9 Å². The van der Waals surface area contributed by atoms with Crippen molar-refractivity contribution in [3.8, 4) is 12.1 Å². The van der Waals surface area contributed by atoms with Crippen LogP contribution in [0, 0.1) is 22.7 Å². The minimum Gasteiger partial charge on any atom is -0.355 e. The van der Waals surface area contributed by atoms with Crippen LogP contribution in [0.15, 0.2) is 29.3 Å². The van der Waals surface area contributed by atoms with Crippen LogP contribution in [0.1, 0.15) is 48.9 Å². The lowest BCUT2D eigenvalue weighted by Gasteiger charge is -2.34. The van der Waals surface area contributed by atoms with Crippen molar-refractivity contribution in [1.29, 1.82) is 10.5 Å². The first kappa shape index (κ1) is 29.2. The second-order valence-electron chi connectivity index (χ2n) is 9.29. The van der Waals surface area contributed by atoms with Crippen molar-refractivity contribution in [2.45, 2.75) is 56.0 Å². The summed E-state index contributed by atoms with van der Waals surface area (Å²) in [4.78, 5) is 18.8. The third-order valence-corrected chi connectivity index (χ3v) is 8.81. The number of nitriles is 2. The van der Waals surface area contributed by atoms with Crippen LogP contribution in [-0.4, -0.2) is 57.8 Å². The van der Waals surface area contributed by atoms with Gasteiger partial charge < -0.3 is 16.0 Å². The van der Waals surface area contributed by atoms with E-state index in [0.29, 0.717) is 71.3 Å². The van der Waals surface area contributed by atoms with Gasteiger partial charge in [-0.25, -0.2) is 13.4 Å². The number of nitrogens with one attached hydrogen (secondary N) is 1. The Labute approximate surface area is 228 Å². The van der Waals surface area contributed by atoms with E-state index in [1.165, 1.54) is 23.1 Å². The number of aromatic nitrogens is 1. The van der Waals surface area contributed by atoms with E-state index in [1.807, 2.05) is 24.0 Å². The molecule has 1 atom stereocenters. The van der Waals surface area contributed by atoms with E-state index in [2.05, 4.69) is 17.5 Å². The van der Waals surface area contributed by atoms with Crippen molar-refractivity contribution in [1.82, 2.24) is 10.3 Å². The molecule has 3 N–H and O–H groups in total. The Balaban J connectivity index is 1.84. The number of anilines is 2. The zero-order chi connectivity index (χ0) is 28.0. The summed E-state index contributed by atoms with van der Waals surface area (Å²) >= 11 is 1.41. The van der Waals surface area contributed by atoms with E-state index < -0.39 is 16.1 Å². The van der Waals surface area contributed by atoms with Crippen molar-refractivity contribution < 1.29 is 13.2 Å². The normalized spacial score (nSPS) is 14.9. The summed E-state index contributed by atoms with van der Waals surface area (Å²) in [5.74, 6) is 0.901. The molecule has 1 aromatic carbocycles. The summed E-state index contributed by atoms with van der Waals surface area (Å²) in [7, 11) is -1.85. The van der Waals surface area contributed by atoms with Gasteiger partial charge in [-0.15, -0.1) is 11.8 Å². The molecule has 0 spiro atoms. The van der Waals surface area contributed by atoms with Gasteiger partial charge in [-0.05, 0) is 49.4 Å². The number of nitrogens with two attached hydrogens (primary N) is 1. The van der Waals surface area contributed by atoms with Gasteiger partial charge in [-0.3, -0.25) is 9.10 Å². The number of nitrogens with zero attached hydrogens (tertiary/aromatic N) is 5. The highest BCUT2D eigenvalue weighted by Crippen LogP contribution is 2.34. The van der Waals surface area contributed by atoms with E-state index in [9.17, 15) is 23.7 Å². The number of pyridine rings is 1. The van der Waals surface area contributed by atoms with Crippen molar-refractivity contribution in [3.63, 3.8) is 0 Å². The number of piperidine rings is 1. The molecule has 202 valence electrons. The number of amides is 1. The van der Waals surface area contributed by atoms with Crippen LogP contribution < -0.4 is 20.3 Å².